The number of piperidine rings is 1. The highest BCUT2D eigenvalue weighted by molar-refractivity contribution is 5.89. The van der Waals surface area contributed by atoms with Crippen LogP contribution in [0.4, 0.5) is 4.39 Å². The topological polar surface area (TPSA) is 67.9 Å². The largest absolute Gasteiger partial charge is 0.453 e. The van der Waals surface area contributed by atoms with Gasteiger partial charge in [-0.25, -0.2) is 9.18 Å². The molecule has 1 aliphatic heterocycles. The van der Waals surface area contributed by atoms with E-state index < -0.39 is 30.3 Å². The van der Waals surface area contributed by atoms with E-state index in [1.807, 2.05) is 65.6 Å². The van der Waals surface area contributed by atoms with Crippen molar-refractivity contribution in [2.45, 2.75) is 44.4 Å². The van der Waals surface area contributed by atoms with Gasteiger partial charge < -0.3 is 14.8 Å². The smallest absolute Gasteiger partial charge is 0.338 e. The highest BCUT2D eigenvalue weighted by Crippen LogP contribution is 2.27. The second kappa shape index (κ2) is 12.4. The first-order valence-corrected chi connectivity index (χ1v) is 12.1. The maximum atomic E-state index is 16.2. The number of hydrogen-bond acceptors (Lipinski definition) is 5. The molecule has 0 saturated carbocycles. The molecule has 1 aliphatic rings. The van der Waals surface area contributed by atoms with Gasteiger partial charge >= 0.3 is 5.97 Å². The van der Waals surface area contributed by atoms with Gasteiger partial charge in [0.2, 0.25) is 5.91 Å². The molecular weight excluding hydrogens is 459 g/mol. The molecule has 1 amide bonds. The van der Waals surface area contributed by atoms with Crippen molar-refractivity contribution >= 4 is 11.9 Å². The summed E-state index contributed by atoms with van der Waals surface area (Å²) in [6, 6.07) is 26.5. The second-order valence-electron chi connectivity index (χ2n) is 8.97. The average molecular weight is 491 g/mol. The van der Waals surface area contributed by atoms with Gasteiger partial charge in [0.1, 0.15) is 0 Å². The lowest BCUT2D eigenvalue weighted by Crippen LogP contribution is -2.66. The van der Waals surface area contributed by atoms with Gasteiger partial charge in [-0.3, -0.25) is 9.69 Å². The van der Waals surface area contributed by atoms with E-state index in [1.165, 1.54) is 6.92 Å². The first-order chi connectivity index (χ1) is 17.5. The van der Waals surface area contributed by atoms with E-state index in [0.717, 1.165) is 11.1 Å². The summed E-state index contributed by atoms with van der Waals surface area (Å²) in [6.07, 6.45) is -2.73. The van der Waals surface area contributed by atoms with E-state index in [1.54, 1.807) is 30.3 Å². The van der Waals surface area contributed by atoms with Gasteiger partial charge in [-0.15, -0.1) is 0 Å². The van der Waals surface area contributed by atoms with Crippen LogP contribution in [-0.2, 0) is 27.4 Å². The predicted molar refractivity (Wildman–Crippen MR) is 135 cm³/mol. The number of likely N-dealkylation sites (tertiary alicyclic amines) is 1. The lowest BCUT2D eigenvalue weighted by molar-refractivity contribution is -0.126. The van der Waals surface area contributed by atoms with E-state index in [9.17, 15) is 9.59 Å². The monoisotopic (exact) mass is 490 g/mol. The summed E-state index contributed by atoms with van der Waals surface area (Å²) in [6.45, 7) is 2.60. The van der Waals surface area contributed by atoms with Gasteiger partial charge in [0.05, 0.1) is 30.9 Å². The maximum absolute atomic E-state index is 16.2. The Morgan fingerprint density at radius 1 is 0.917 bits per heavy atom. The number of nitrogens with zero attached hydrogens (tertiary/aromatic N) is 1. The lowest BCUT2D eigenvalue weighted by atomic mass is 9.92. The van der Waals surface area contributed by atoms with E-state index >= 15 is 4.39 Å². The predicted octanol–water partition coefficient (Wildman–Crippen LogP) is 4.16. The first kappa shape index (κ1) is 25.5. The Morgan fingerprint density at radius 3 is 2.11 bits per heavy atom. The summed E-state index contributed by atoms with van der Waals surface area (Å²) in [5, 5.41) is 2.80. The van der Waals surface area contributed by atoms with Gasteiger partial charge in [-0.1, -0.05) is 78.9 Å². The van der Waals surface area contributed by atoms with Crippen LogP contribution in [0, 0.1) is 0 Å². The molecular formula is C29H31FN2O4. The number of hydrogen-bond donors (Lipinski definition) is 1. The normalized spacial score (nSPS) is 22.1. The third-order valence-electron chi connectivity index (χ3n) is 6.25. The van der Waals surface area contributed by atoms with Crippen molar-refractivity contribution in [3.05, 3.63) is 108 Å². The SMILES string of the molecule is CC(=O)NC1CN(Cc2ccccc2)C(COCc2ccccc2)C(F)C1OC(=O)c1ccccc1. The van der Waals surface area contributed by atoms with E-state index in [0.29, 0.717) is 25.3 Å². The molecule has 6 nitrogen and oxygen atoms in total. The molecule has 1 fully saturated rings. The van der Waals surface area contributed by atoms with Crippen molar-refractivity contribution in [3.63, 3.8) is 0 Å². The van der Waals surface area contributed by atoms with E-state index in [-0.39, 0.29) is 12.5 Å². The van der Waals surface area contributed by atoms with Crippen LogP contribution in [-0.4, -0.2) is 54.3 Å². The van der Waals surface area contributed by atoms with Crippen molar-refractivity contribution in [1.29, 1.82) is 0 Å². The summed E-state index contributed by atoms with van der Waals surface area (Å²) in [5.74, 6) is -0.939. The van der Waals surface area contributed by atoms with Crippen molar-refractivity contribution in [2.75, 3.05) is 13.2 Å². The van der Waals surface area contributed by atoms with Crippen LogP contribution in [0.1, 0.15) is 28.4 Å². The Kier molecular flexibility index (Phi) is 8.81. The molecule has 3 aromatic carbocycles. The highest BCUT2D eigenvalue weighted by Gasteiger charge is 2.47. The summed E-state index contributed by atoms with van der Waals surface area (Å²) < 4.78 is 27.8. The minimum absolute atomic E-state index is 0.106. The zero-order chi connectivity index (χ0) is 25.3. The van der Waals surface area contributed by atoms with Crippen molar-refractivity contribution in [3.8, 4) is 0 Å². The molecule has 188 valence electrons. The molecule has 1 heterocycles. The van der Waals surface area contributed by atoms with Crippen LogP contribution >= 0.6 is 0 Å². The van der Waals surface area contributed by atoms with Crippen LogP contribution in [0.3, 0.4) is 0 Å². The Morgan fingerprint density at radius 2 is 1.50 bits per heavy atom. The number of carbonyl (C=O) groups is 2. The molecule has 3 aromatic rings. The average Bonchev–Trinajstić information content (AvgIpc) is 2.89. The number of halogens is 1. The van der Waals surface area contributed by atoms with Gasteiger partial charge in [0, 0.05) is 20.0 Å². The number of carbonyl (C=O) groups excluding carboxylic acids is 2. The van der Waals surface area contributed by atoms with Crippen LogP contribution in [0.25, 0.3) is 0 Å². The molecule has 0 radical (unpaired) electrons. The van der Waals surface area contributed by atoms with Crippen molar-refractivity contribution < 1.29 is 23.5 Å². The number of esters is 1. The van der Waals surface area contributed by atoms with Crippen LogP contribution < -0.4 is 5.32 Å². The van der Waals surface area contributed by atoms with Crippen LogP contribution in [0.15, 0.2) is 91.0 Å². The summed E-state index contributed by atoms with van der Waals surface area (Å²) in [4.78, 5) is 26.8. The minimum Gasteiger partial charge on any atom is -0.453 e. The number of rotatable bonds is 9. The fraction of sp³-hybridized carbons (Fsp3) is 0.310. The zero-order valence-electron chi connectivity index (χ0n) is 20.3. The third-order valence-corrected chi connectivity index (χ3v) is 6.25. The summed E-state index contributed by atoms with van der Waals surface area (Å²) >= 11 is 0. The molecule has 4 atom stereocenters. The molecule has 0 spiro atoms. The molecule has 36 heavy (non-hydrogen) atoms. The molecule has 0 bridgehead atoms. The quantitative estimate of drug-likeness (QED) is 0.457. The zero-order valence-corrected chi connectivity index (χ0v) is 20.3. The lowest BCUT2D eigenvalue weighted by Gasteiger charge is -2.45. The fourth-order valence-electron chi connectivity index (χ4n) is 4.50. The first-order valence-electron chi connectivity index (χ1n) is 12.1. The number of ether oxygens (including phenoxy) is 2. The second-order valence-corrected chi connectivity index (χ2v) is 8.97. The number of nitrogens with one attached hydrogen (secondary N) is 1. The molecule has 0 aliphatic carbocycles. The molecule has 4 unspecified atom stereocenters. The molecule has 1 N–H and O–H groups in total. The fourth-order valence-corrected chi connectivity index (χ4v) is 4.50. The standard InChI is InChI=1S/C29H31FN2O4/c1-21(33)31-25-18-32(17-22-11-5-2-6-12-22)26(20-35-19-23-13-7-3-8-14-23)27(30)28(25)36-29(34)24-15-9-4-10-16-24/h2-16,25-28H,17-20H2,1H3,(H,31,33). The Hall–Kier alpha value is -3.55. The van der Waals surface area contributed by atoms with Gasteiger partial charge in [0.15, 0.2) is 12.3 Å². The highest BCUT2D eigenvalue weighted by atomic mass is 19.1. The summed E-state index contributed by atoms with van der Waals surface area (Å²) in [7, 11) is 0. The number of benzene rings is 3. The minimum atomic E-state index is -1.58. The molecule has 7 heteroatoms. The van der Waals surface area contributed by atoms with Crippen molar-refractivity contribution in [1.82, 2.24) is 10.2 Å². The Labute approximate surface area is 211 Å². The van der Waals surface area contributed by atoms with Crippen LogP contribution in [0.5, 0.6) is 0 Å². The Balaban J connectivity index is 1.55. The summed E-state index contributed by atoms with van der Waals surface area (Å²) in [5.41, 5.74) is 2.33. The van der Waals surface area contributed by atoms with Crippen molar-refractivity contribution in [2.24, 2.45) is 0 Å². The number of alkyl halides is 1. The van der Waals surface area contributed by atoms with Gasteiger partial charge in [-0.2, -0.15) is 0 Å². The number of amides is 1. The van der Waals surface area contributed by atoms with Gasteiger partial charge in [0.25, 0.3) is 0 Å². The Bertz CT molecular complexity index is 1110. The molecule has 0 aromatic heterocycles. The third kappa shape index (κ3) is 6.77. The molecule has 4 rings (SSSR count). The van der Waals surface area contributed by atoms with Crippen LogP contribution in [0.2, 0.25) is 0 Å². The van der Waals surface area contributed by atoms with E-state index in [2.05, 4.69) is 5.32 Å². The molecule has 1 saturated heterocycles. The van der Waals surface area contributed by atoms with E-state index in [4.69, 9.17) is 9.47 Å². The van der Waals surface area contributed by atoms with Gasteiger partial charge in [-0.05, 0) is 23.3 Å². The maximum Gasteiger partial charge on any atom is 0.338 e.